The topological polar surface area (TPSA) is 61.1 Å². The average Bonchev–Trinajstić information content (AvgIpc) is 3.07. The van der Waals surface area contributed by atoms with Crippen LogP contribution in [0, 0.1) is 0 Å². The molecular formula is C17H24N4O2S. The van der Waals surface area contributed by atoms with Crippen LogP contribution in [0.4, 0.5) is 0 Å². The summed E-state index contributed by atoms with van der Waals surface area (Å²) in [6, 6.07) is 0. The lowest BCUT2D eigenvalue weighted by Gasteiger charge is -2.35. The van der Waals surface area contributed by atoms with Gasteiger partial charge in [0.05, 0.1) is 11.8 Å². The predicted molar refractivity (Wildman–Crippen MR) is 93.3 cm³/mol. The van der Waals surface area contributed by atoms with Crippen molar-refractivity contribution in [2.45, 2.75) is 44.8 Å². The van der Waals surface area contributed by atoms with Gasteiger partial charge in [-0.3, -0.25) is 14.1 Å². The number of thiazole rings is 1. The second-order valence-electron chi connectivity index (χ2n) is 6.87. The molecule has 2 fully saturated rings. The molecule has 4 heterocycles. The number of carbonyl (C=O) groups is 1. The van der Waals surface area contributed by atoms with Crippen LogP contribution < -0.4 is 0 Å². The van der Waals surface area contributed by atoms with Crippen LogP contribution in [-0.4, -0.2) is 62.5 Å². The molecule has 0 saturated carbocycles. The van der Waals surface area contributed by atoms with E-state index in [9.17, 15) is 9.90 Å². The Bertz CT molecular complexity index is 711. The quantitative estimate of drug-likeness (QED) is 0.921. The van der Waals surface area contributed by atoms with E-state index in [0.29, 0.717) is 25.3 Å². The van der Waals surface area contributed by atoms with Crippen LogP contribution in [0.3, 0.4) is 0 Å². The summed E-state index contributed by atoms with van der Waals surface area (Å²) in [5.41, 5.74) is 1.56. The minimum absolute atomic E-state index is 0.0730. The summed E-state index contributed by atoms with van der Waals surface area (Å²) in [4.78, 5) is 22.8. The Kier molecular flexibility index (Phi) is 4.56. The molecule has 0 unspecified atom stereocenters. The number of aliphatic hydroxyl groups is 1. The van der Waals surface area contributed by atoms with Crippen molar-refractivity contribution < 1.29 is 9.90 Å². The molecule has 0 aromatic carbocycles. The van der Waals surface area contributed by atoms with E-state index in [1.54, 1.807) is 11.3 Å². The number of amides is 1. The molecule has 2 aromatic rings. The second kappa shape index (κ2) is 6.82. The number of aliphatic hydroxyl groups excluding tert-OH is 1. The summed E-state index contributed by atoms with van der Waals surface area (Å²) >= 11 is 1.56. The minimum atomic E-state index is -0.232. The van der Waals surface area contributed by atoms with Crippen molar-refractivity contribution in [2.24, 2.45) is 0 Å². The van der Waals surface area contributed by atoms with E-state index in [1.165, 1.54) is 19.3 Å². The van der Waals surface area contributed by atoms with Gasteiger partial charge in [0, 0.05) is 44.3 Å². The van der Waals surface area contributed by atoms with Crippen molar-refractivity contribution in [3.8, 4) is 0 Å². The molecule has 2 saturated heterocycles. The first-order chi connectivity index (χ1) is 11.7. The van der Waals surface area contributed by atoms with Gasteiger partial charge in [-0.2, -0.15) is 0 Å². The molecule has 2 aliphatic heterocycles. The fourth-order valence-electron chi connectivity index (χ4n) is 3.64. The molecular weight excluding hydrogens is 324 g/mol. The summed E-state index contributed by atoms with van der Waals surface area (Å²) in [7, 11) is 0. The largest absolute Gasteiger partial charge is 0.390 e. The third-order valence-electron chi connectivity index (χ3n) is 5.02. The van der Waals surface area contributed by atoms with Crippen molar-refractivity contribution in [3.63, 3.8) is 0 Å². The first-order valence-corrected chi connectivity index (χ1v) is 9.74. The summed E-state index contributed by atoms with van der Waals surface area (Å²) < 4.78 is 2.03. The highest BCUT2D eigenvalue weighted by atomic mass is 32.1. The molecule has 0 radical (unpaired) electrons. The van der Waals surface area contributed by atoms with Crippen LogP contribution in [0.15, 0.2) is 11.6 Å². The molecule has 24 heavy (non-hydrogen) atoms. The maximum atomic E-state index is 13.1. The van der Waals surface area contributed by atoms with Crippen LogP contribution in [0.2, 0.25) is 0 Å². The van der Waals surface area contributed by atoms with E-state index < -0.39 is 0 Å². The molecule has 1 N–H and O–H groups in total. The van der Waals surface area contributed by atoms with E-state index >= 15 is 0 Å². The zero-order chi connectivity index (χ0) is 16.5. The number of carbonyl (C=O) groups excluding carboxylic acids is 1. The zero-order valence-corrected chi connectivity index (χ0v) is 14.7. The molecule has 0 spiro atoms. The van der Waals surface area contributed by atoms with Crippen LogP contribution in [0.5, 0.6) is 0 Å². The minimum Gasteiger partial charge on any atom is -0.390 e. The number of fused-ring (bicyclic) bond motifs is 1. The number of likely N-dealkylation sites (tertiary alicyclic amines) is 2. The molecule has 2 aromatic heterocycles. The van der Waals surface area contributed by atoms with Gasteiger partial charge in [0.25, 0.3) is 5.91 Å². The smallest absolute Gasteiger partial charge is 0.274 e. The summed E-state index contributed by atoms with van der Waals surface area (Å²) in [5, 5.41) is 11.5. The van der Waals surface area contributed by atoms with Gasteiger partial charge in [-0.15, -0.1) is 11.3 Å². The average molecular weight is 348 g/mol. The Morgan fingerprint density at radius 1 is 1.21 bits per heavy atom. The lowest BCUT2D eigenvalue weighted by atomic mass is 10.1. The Hall–Kier alpha value is -1.44. The Morgan fingerprint density at radius 2 is 1.92 bits per heavy atom. The van der Waals surface area contributed by atoms with Gasteiger partial charge in [-0.25, -0.2) is 4.98 Å². The van der Waals surface area contributed by atoms with Crippen LogP contribution >= 0.6 is 11.3 Å². The molecule has 1 amide bonds. The van der Waals surface area contributed by atoms with E-state index in [2.05, 4.69) is 9.88 Å². The van der Waals surface area contributed by atoms with E-state index in [1.807, 2.05) is 20.9 Å². The highest BCUT2D eigenvalue weighted by Crippen LogP contribution is 2.23. The third-order valence-corrected chi connectivity index (χ3v) is 5.77. The van der Waals surface area contributed by atoms with Crippen molar-refractivity contribution in [1.82, 2.24) is 19.2 Å². The summed E-state index contributed by atoms with van der Waals surface area (Å²) in [6.07, 6.45) is 7.63. The monoisotopic (exact) mass is 348 g/mol. The van der Waals surface area contributed by atoms with E-state index in [4.69, 9.17) is 0 Å². The SMILES string of the molecule is O=C(c1nc2sccn2c1CN1CC(O)C1)N1CCCCCCC1. The van der Waals surface area contributed by atoms with Crippen molar-refractivity contribution >= 4 is 22.2 Å². The first kappa shape index (κ1) is 16.1. The zero-order valence-electron chi connectivity index (χ0n) is 13.9. The molecule has 0 aliphatic carbocycles. The van der Waals surface area contributed by atoms with E-state index in [-0.39, 0.29) is 12.0 Å². The molecule has 2 aliphatic rings. The van der Waals surface area contributed by atoms with Crippen molar-refractivity contribution in [2.75, 3.05) is 26.2 Å². The van der Waals surface area contributed by atoms with Gasteiger partial charge in [-0.05, 0) is 12.8 Å². The number of β-amino-alcohol motifs (C(OH)–C–C–N with tert-alkyl or cyclic N) is 1. The Labute approximate surface area is 145 Å². The molecule has 6 nitrogen and oxygen atoms in total. The van der Waals surface area contributed by atoms with Gasteiger partial charge >= 0.3 is 0 Å². The fraction of sp³-hybridized carbons (Fsp3) is 0.647. The highest BCUT2D eigenvalue weighted by Gasteiger charge is 2.30. The van der Waals surface area contributed by atoms with Crippen molar-refractivity contribution in [1.29, 1.82) is 0 Å². The normalized spacial score (nSPS) is 20.8. The van der Waals surface area contributed by atoms with Gasteiger partial charge in [-0.1, -0.05) is 19.3 Å². The fourth-order valence-corrected chi connectivity index (χ4v) is 4.37. The number of hydrogen-bond acceptors (Lipinski definition) is 5. The molecule has 130 valence electrons. The number of aromatic nitrogens is 2. The number of hydrogen-bond donors (Lipinski definition) is 1. The summed E-state index contributed by atoms with van der Waals surface area (Å²) in [6.45, 7) is 3.70. The van der Waals surface area contributed by atoms with Gasteiger partial charge in [0.2, 0.25) is 0 Å². The van der Waals surface area contributed by atoms with Gasteiger partial charge < -0.3 is 10.0 Å². The number of imidazole rings is 1. The second-order valence-corrected chi connectivity index (χ2v) is 7.74. The Balaban J connectivity index is 1.59. The first-order valence-electron chi connectivity index (χ1n) is 8.86. The Morgan fingerprint density at radius 3 is 2.62 bits per heavy atom. The standard InChI is InChI=1S/C17H24N4O2S/c22-13-10-19(11-13)12-14-15(18-17-21(14)8-9-24-17)16(23)20-6-4-2-1-3-5-7-20/h8-9,13,22H,1-7,10-12H2. The van der Waals surface area contributed by atoms with Crippen LogP contribution in [-0.2, 0) is 6.54 Å². The van der Waals surface area contributed by atoms with Crippen molar-refractivity contribution in [3.05, 3.63) is 23.0 Å². The third kappa shape index (κ3) is 3.08. The maximum Gasteiger partial charge on any atom is 0.274 e. The molecule has 4 rings (SSSR count). The highest BCUT2D eigenvalue weighted by molar-refractivity contribution is 7.15. The summed E-state index contributed by atoms with van der Waals surface area (Å²) in [5.74, 6) is 0.0730. The van der Waals surface area contributed by atoms with Crippen LogP contribution in [0.1, 0.15) is 48.3 Å². The van der Waals surface area contributed by atoms with Gasteiger partial charge in [0.15, 0.2) is 10.7 Å². The predicted octanol–water partition coefficient (Wildman–Crippen LogP) is 1.98. The maximum absolute atomic E-state index is 13.1. The van der Waals surface area contributed by atoms with Gasteiger partial charge in [0.1, 0.15) is 0 Å². The number of rotatable bonds is 3. The van der Waals surface area contributed by atoms with Crippen LogP contribution in [0.25, 0.3) is 4.96 Å². The molecule has 0 bridgehead atoms. The van der Waals surface area contributed by atoms with E-state index in [0.717, 1.165) is 36.6 Å². The molecule has 7 heteroatoms. The lowest BCUT2D eigenvalue weighted by Crippen LogP contribution is -2.50. The lowest BCUT2D eigenvalue weighted by molar-refractivity contribution is -0.00382. The molecule has 0 atom stereocenters. The number of nitrogens with zero attached hydrogens (tertiary/aromatic N) is 4.